The minimum Gasteiger partial charge on any atom is -0.493 e. The number of hydrogen-bond acceptors (Lipinski definition) is 2. The second-order valence-electron chi connectivity index (χ2n) is 4.45. The summed E-state index contributed by atoms with van der Waals surface area (Å²) < 4.78 is 5.55. The van der Waals surface area contributed by atoms with Crippen molar-refractivity contribution in [3.63, 3.8) is 0 Å². The van der Waals surface area contributed by atoms with E-state index < -0.39 is 0 Å². The Morgan fingerprint density at radius 3 is 2.38 bits per heavy atom. The molecule has 0 atom stereocenters. The van der Waals surface area contributed by atoms with Gasteiger partial charge in [-0.3, -0.25) is 0 Å². The monoisotopic (exact) mass is 230 g/mol. The van der Waals surface area contributed by atoms with Gasteiger partial charge in [0.25, 0.3) is 0 Å². The summed E-state index contributed by atoms with van der Waals surface area (Å²) in [6.45, 7) is 11.9. The van der Waals surface area contributed by atoms with E-state index in [1.165, 1.54) is 0 Å². The van der Waals surface area contributed by atoms with E-state index in [0.29, 0.717) is 0 Å². The second-order valence-corrected chi connectivity index (χ2v) is 6.10. The van der Waals surface area contributed by atoms with Gasteiger partial charge in [-0.25, -0.2) is 0 Å². The van der Waals surface area contributed by atoms with E-state index in [0.717, 1.165) is 11.0 Å². The van der Waals surface area contributed by atoms with Gasteiger partial charge in [0.1, 0.15) is 0 Å². The Morgan fingerprint density at radius 1 is 1.25 bits per heavy atom. The number of rotatable bonds is 5. The van der Waals surface area contributed by atoms with Gasteiger partial charge in [0.15, 0.2) is 0 Å². The van der Waals surface area contributed by atoms with Crippen molar-refractivity contribution in [3.8, 4) is 0 Å². The molecule has 0 unspecified atom stereocenters. The van der Waals surface area contributed by atoms with Crippen molar-refractivity contribution >= 4 is 37.4 Å². The molecule has 0 amide bonds. The molecule has 0 aliphatic heterocycles. The Kier molecular flexibility index (Phi) is 5.23. The van der Waals surface area contributed by atoms with Crippen LogP contribution in [0.15, 0.2) is 30.8 Å². The van der Waals surface area contributed by atoms with Gasteiger partial charge in [0.05, 0.1) is 0 Å². The molecule has 0 N–H and O–H groups in total. The molecule has 0 saturated carbocycles. The fourth-order valence-corrected chi connectivity index (χ4v) is 1.39. The number of benzene rings is 1. The number of hydrogen-bond donors (Lipinski definition) is 0. The third-order valence-corrected chi connectivity index (χ3v) is 2.75. The van der Waals surface area contributed by atoms with Crippen molar-refractivity contribution in [1.29, 1.82) is 0 Å². The lowest BCUT2D eigenvalue weighted by molar-refractivity contribution is 0.668. The van der Waals surface area contributed by atoms with E-state index in [-0.39, 0.29) is 4.75 Å². The normalized spacial score (nSPS) is 10.9. The van der Waals surface area contributed by atoms with Crippen LogP contribution in [-0.2, 0) is 4.57 Å². The highest BCUT2D eigenvalue weighted by molar-refractivity contribution is 8.22. The predicted octanol–water partition coefficient (Wildman–Crippen LogP) is 2.66. The zero-order valence-corrected chi connectivity index (χ0v) is 10.9. The first kappa shape index (κ1) is 13.5. The van der Waals surface area contributed by atoms with Gasteiger partial charge >= 0.3 is 14.2 Å². The molecule has 0 spiro atoms. The Bertz CT molecular complexity index is 330. The van der Waals surface area contributed by atoms with Crippen LogP contribution in [0.4, 0.5) is 0 Å². The molecule has 0 bridgehead atoms. The standard InChI is InChI=1S/C12H16B2OS/c1-5-10-6-8-11(9-7-10)13-15-14-16-12(2,3)4/h5-9H,1H2,2-4H3. The van der Waals surface area contributed by atoms with E-state index >= 15 is 0 Å². The second kappa shape index (κ2) is 6.21. The van der Waals surface area contributed by atoms with Crippen molar-refractivity contribution in [2.45, 2.75) is 25.5 Å². The van der Waals surface area contributed by atoms with Crippen LogP contribution >= 0.6 is 11.6 Å². The Hall–Kier alpha value is -0.600. The molecule has 82 valence electrons. The molecule has 0 aliphatic rings. The smallest absolute Gasteiger partial charge is 0.355 e. The summed E-state index contributed by atoms with van der Waals surface area (Å²) in [5, 5.41) is 0. The van der Waals surface area contributed by atoms with Crippen LogP contribution in [0, 0.1) is 0 Å². The average molecular weight is 230 g/mol. The molecule has 16 heavy (non-hydrogen) atoms. The van der Waals surface area contributed by atoms with E-state index in [1.54, 1.807) is 25.9 Å². The van der Waals surface area contributed by atoms with E-state index in [9.17, 15) is 0 Å². The van der Waals surface area contributed by atoms with Gasteiger partial charge in [0.2, 0.25) is 0 Å². The molecule has 1 nitrogen and oxygen atoms in total. The molecule has 0 heterocycles. The third-order valence-electron chi connectivity index (χ3n) is 1.83. The predicted molar refractivity (Wildman–Crippen MR) is 76.1 cm³/mol. The lowest BCUT2D eigenvalue weighted by Gasteiger charge is -2.16. The Morgan fingerprint density at radius 2 is 1.88 bits per heavy atom. The van der Waals surface area contributed by atoms with Crippen molar-refractivity contribution < 1.29 is 4.57 Å². The summed E-state index contributed by atoms with van der Waals surface area (Å²) in [4.78, 5) is 0. The maximum absolute atomic E-state index is 5.36. The van der Waals surface area contributed by atoms with Crippen LogP contribution in [0.1, 0.15) is 26.3 Å². The highest BCUT2D eigenvalue weighted by Crippen LogP contribution is 2.20. The zero-order valence-electron chi connectivity index (χ0n) is 10.1. The highest BCUT2D eigenvalue weighted by Gasteiger charge is 2.11. The summed E-state index contributed by atoms with van der Waals surface area (Å²) in [5.41, 5.74) is 2.17. The summed E-state index contributed by atoms with van der Waals surface area (Å²) in [5.74, 6) is 0. The van der Waals surface area contributed by atoms with Crippen LogP contribution in [0.2, 0.25) is 0 Å². The minimum atomic E-state index is 0.195. The van der Waals surface area contributed by atoms with Crippen molar-refractivity contribution in [3.05, 3.63) is 36.4 Å². The summed E-state index contributed by atoms with van der Waals surface area (Å²) in [7, 11) is 1.74. The topological polar surface area (TPSA) is 9.23 Å². The summed E-state index contributed by atoms with van der Waals surface area (Å²) in [6, 6.07) is 8.04. The van der Waals surface area contributed by atoms with Crippen LogP contribution in [-0.4, -0.2) is 19.0 Å². The van der Waals surface area contributed by atoms with Gasteiger partial charge in [-0.1, -0.05) is 63.2 Å². The Labute approximate surface area is 104 Å². The lowest BCUT2D eigenvalue weighted by Crippen LogP contribution is -2.20. The van der Waals surface area contributed by atoms with Crippen LogP contribution in [0.5, 0.6) is 0 Å². The van der Waals surface area contributed by atoms with Crippen molar-refractivity contribution in [2.75, 3.05) is 0 Å². The first-order chi connectivity index (χ1) is 7.51. The van der Waals surface area contributed by atoms with Crippen LogP contribution < -0.4 is 5.46 Å². The van der Waals surface area contributed by atoms with Crippen molar-refractivity contribution in [2.24, 2.45) is 0 Å². The first-order valence-corrected chi connectivity index (χ1v) is 6.10. The summed E-state index contributed by atoms with van der Waals surface area (Å²) in [6.07, 6.45) is 1.83. The third kappa shape index (κ3) is 5.47. The fraction of sp³-hybridized carbons (Fsp3) is 0.333. The van der Waals surface area contributed by atoms with Gasteiger partial charge < -0.3 is 4.57 Å². The van der Waals surface area contributed by atoms with Crippen LogP contribution in [0.3, 0.4) is 0 Å². The first-order valence-electron chi connectivity index (χ1n) is 5.22. The van der Waals surface area contributed by atoms with E-state index in [2.05, 4.69) is 27.4 Å². The van der Waals surface area contributed by atoms with E-state index in [1.807, 2.05) is 30.3 Å². The lowest BCUT2D eigenvalue weighted by atomic mass is 9.87. The molecule has 0 saturated heterocycles. The molecule has 1 aromatic carbocycles. The van der Waals surface area contributed by atoms with E-state index in [4.69, 9.17) is 4.57 Å². The zero-order chi connectivity index (χ0) is 12.0. The molecule has 0 aromatic heterocycles. The molecule has 2 radical (unpaired) electrons. The maximum atomic E-state index is 5.36. The quantitative estimate of drug-likeness (QED) is 0.567. The van der Waals surface area contributed by atoms with Gasteiger partial charge in [0, 0.05) is 0 Å². The molecule has 4 heteroatoms. The van der Waals surface area contributed by atoms with Gasteiger partial charge in [-0.2, -0.15) is 11.6 Å². The minimum absolute atomic E-state index is 0.195. The van der Waals surface area contributed by atoms with Gasteiger partial charge in [-0.15, -0.1) is 0 Å². The largest absolute Gasteiger partial charge is 0.493 e. The molecular weight excluding hydrogens is 214 g/mol. The Balaban J connectivity index is 2.29. The molecule has 0 fully saturated rings. The highest BCUT2D eigenvalue weighted by atomic mass is 32.2. The molecule has 1 rings (SSSR count). The van der Waals surface area contributed by atoms with Crippen molar-refractivity contribution in [1.82, 2.24) is 0 Å². The molecular formula is C12H16B2OS. The maximum Gasteiger partial charge on any atom is 0.355 e. The van der Waals surface area contributed by atoms with Crippen LogP contribution in [0.25, 0.3) is 6.08 Å². The average Bonchev–Trinajstić information content (AvgIpc) is 2.24. The molecule has 0 aliphatic carbocycles. The van der Waals surface area contributed by atoms with Gasteiger partial charge in [-0.05, 0) is 10.3 Å². The fourth-order valence-electron chi connectivity index (χ4n) is 0.989. The summed E-state index contributed by atoms with van der Waals surface area (Å²) >= 11 is 1.67. The SMILES string of the molecule is C=Cc1ccc([B]O[B]SC(C)(C)C)cc1. The molecule has 1 aromatic rings.